The van der Waals surface area contributed by atoms with E-state index in [0.717, 1.165) is 12.8 Å². The fourth-order valence-corrected chi connectivity index (χ4v) is 6.90. The fraction of sp³-hybridized carbons (Fsp3) is 0.0588. The molecule has 2 heterocycles. The Labute approximate surface area is 202 Å². The van der Waals surface area contributed by atoms with Crippen LogP contribution >= 0.6 is 0 Å². The molecular formula is C34H21N. The van der Waals surface area contributed by atoms with E-state index < -0.39 is 0 Å². The molecule has 1 heteroatoms. The van der Waals surface area contributed by atoms with Crippen molar-refractivity contribution in [1.29, 1.82) is 0 Å². The van der Waals surface area contributed by atoms with Crippen molar-refractivity contribution in [3.05, 3.63) is 125 Å². The zero-order chi connectivity index (χ0) is 22.7. The minimum Gasteiger partial charge on any atom is -0.309 e. The van der Waals surface area contributed by atoms with Crippen molar-refractivity contribution in [1.82, 2.24) is 4.40 Å². The predicted molar refractivity (Wildman–Crippen MR) is 146 cm³/mol. The van der Waals surface area contributed by atoms with Gasteiger partial charge in [0.1, 0.15) is 0 Å². The van der Waals surface area contributed by atoms with Crippen LogP contribution < -0.4 is 0 Å². The first-order chi connectivity index (χ1) is 17.3. The van der Waals surface area contributed by atoms with Crippen LogP contribution in [0.2, 0.25) is 0 Å². The number of pyridine rings is 1. The van der Waals surface area contributed by atoms with E-state index in [1.54, 1.807) is 0 Å². The third-order valence-electron chi connectivity index (χ3n) is 8.43. The van der Waals surface area contributed by atoms with Crippen LogP contribution in [0.4, 0.5) is 0 Å². The van der Waals surface area contributed by atoms with Crippen LogP contribution in [0.5, 0.6) is 0 Å². The molecule has 9 rings (SSSR count). The van der Waals surface area contributed by atoms with E-state index in [4.69, 9.17) is 0 Å². The summed E-state index contributed by atoms with van der Waals surface area (Å²) < 4.78 is 2.45. The largest absolute Gasteiger partial charge is 0.309 e. The maximum absolute atomic E-state index is 2.49. The lowest BCUT2D eigenvalue weighted by Crippen LogP contribution is -1.92. The molecule has 0 fully saturated rings. The van der Waals surface area contributed by atoms with Crippen molar-refractivity contribution >= 4 is 38.1 Å². The summed E-state index contributed by atoms with van der Waals surface area (Å²) in [5, 5.41) is 5.33. The van der Waals surface area contributed by atoms with Gasteiger partial charge in [-0.1, -0.05) is 72.8 Å². The average molecular weight is 444 g/mol. The van der Waals surface area contributed by atoms with Crippen molar-refractivity contribution in [3.63, 3.8) is 0 Å². The molecule has 0 spiro atoms. The second kappa shape index (κ2) is 6.20. The number of aromatic nitrogens is 1. The van der Waals surface area contributed by atoms with Crippen LogP contribution in [0.25, 0.3) is 60.3 Å². The SMILES string of the molecule is c1ccc2c(c1)Cc1c-2ccc2c1Cc1cc3c4ccccc4n4c5ccccc5cc4c3cc1-2. The second-order valence-corrected chi connectivity index (χ2v) is 10.1. The molecule has 0 aliphatic heterocycles. The van der Waals surface area contributed by atoms with E-state index in [0.29, 0.717) is 0 Å². The van der Waals surface area contributed by atoms with Gasteiger partial charge in [-0.3, -0.25) is 0 Å². The number of para-hydroxylation sites is 2. The van der Waals surface area contributed by atoms with Gasteiger partial charge in [-0.05, 0) is 93.1 Å². The lowest BCUT2D eigenvalue weighted by atomic mass is 9.96. The average Bonchev–Trinajstić information content (AvgIpc) is 3.59. The summed E-state index contributed by atoms with van der Waals surface area (Å²) in [6, 6.07) is 38.6. The molecule has 0 N–H and O–H groups in total. The highest BCUT2D eigenvalue weighted by atomic mass is 14.9. The highest BCUT2D eigenvalue weighted by Gasteiger charge is 2.28. The molecular weight excluding hydrogens is 422 g/mol. The van der Waals surface area contributed by atoms with Gasteiger partial charge in [0.2, 0.25) is 0 Å². The molecule has 0 unspecified atom stereocenters. The van der Waals surface area contributed by atoms with E-state index in [9.17, 15) is 0 Å². The van der Waals surface area contributed by atoms with Gasteiger partial charge < -0.3 is 4.40 Å². The Balaban J connectivity index is 1.38. The van der Waals surface area contributed by atoms with Crippen molar-refractivity contribution < 1.29 is 0 Å². The lowest BCUT2D eigenvalue weighted by Gasteiger charge is -2.12. The topological polar surface area (TPSA) is 4.41 Å². The number of fused-ring (bicyclic) bond motifs is 15. The molecule has 1 nitrogen and oxygen atoms in total. The van der Waals surface area contributed by atoms with Gasteiger partial charge in [-0.15, -0.1) is 0 Å². The highest BCUT2D eigenvalue weighted by Crippen LogP contribution is 2.48. The first-order valence-electron chi connectivity index (χ1n) is 12.5. The highest BCUT2D eigenvalue weighted by molar-refractivity contribution is 6.17. The third-order valence-corrected chi connectivity index (χ3v) is 8.43. The molecule has 2 aromatic heterocycles. The molecule has 0 saturated heterocycles. The Hall–Kier alpha value is -4.36. The van der Waals surface area contributed by atoms with Crippen LogP contribution in [0.15, 0.2) is 103 Å². The molecule has 5 aromatic carbocycles. The zero-order valence-corrected chi connectivity index (χ0v) is 19.2. The molecule has 0 bridgehead atoms. The van der Waals surface area contributed by atoms with Crippen molar-refractivity contribution in [2.75, 3.05) is 0 Å². The van der Waals surface area contributed by atoms with Gasteiger partial charge in [0.05, 0.1) is 16.6 Å². The Kier molecular flexibility index (Phi) is 3.19. The summed E-state index contributed by atoms with van der Waals surface area (Å²) in [5.74, 6) is 0. The van der Waals surface area contributed by atoms with Crippen molar-refractivity contribution in [2.45, 2.75) is 12.8 Å². The first kappa shape index (κ1) is 18.0. The minimum atomic E-state index is 1.03. The van der Waals surface area contributed by atoms with E-state index in [1.165, 1.54) is 82.6 Å². The van der Waals surface area contributed by atoms with E-state index in [2.05, 4.69) is 108 Å². The molecule has 162 valence electrons. The fourth-order valence-electron chi connectivity index (χ4n) is 6.90. The number of nitrogens with zero attached hydrogens (tertiary/aromatic N) is 1. The maximum Gasteiger partial charge on any atom is 0.0547 e. The number of hydrogen-bond donors (Lipinski definition) is 0. The smallest absolute Gasteiger partial charge is 0.0547 e. The van der Waals surface area contributed by atoms with Gasteiger partial charge in [-0.25, -0.2) is 0 Å². The van der Waals surface area contributed by atoms with Gasteiger partial charge in [0, 0.05) is 16.2 Å². The van der Waals surface area contributed by atoms with Gasteiger partial charge in [0.15, 0.2) is 0 Å². The summed E-state index contributed by atoms with van der Waals surface area (Å²) in [7, 11) is 0. The van der Waals surface area contributed by atoms with Crippen LogP contribution in [-0.2, 0) is 12.8 Å². The Bertz CT molecular complexity index is 2050. The quantitative estimate of drug-likeness (QED) is 0.207. The van der Waals surface area contributed by atoms with E-state index in [-0.39, 0.29) is 0 Å². The maximum atomic E-state index is 2.49. The standard InChI is InChI=1S/C34H21N/c1-3-9-23-20(7-1)15-28-24(23)13-14-25-27-19-31-30(17-22(27)16-29(25)28)26-10-4-6-12-33(26)35-32-11-5-2-8-21(32)18-34(31)35/h1-14,17-19H,15-16H2. The molecule has 0 radical (unpaired) electrons. The predicted octanol–water partition coefficient (Wildman–Crippen LogP) is 8.54. The second-order valence-electron chi connectivity index (χ2n) is 10.1. The van der Waals surface area contributed by atoms with Gasteiger partial charge >= 0.3 is 0 Å². The summed E-state index contributed by atoms with van der Waals surface area (Å²) in [4.78, 5) is 0. The normalized spacial score (nSPS) is 13.5. The van der Waals surface area contributed by atoms with Crippen LogP contribution in [0.3, 0.4) is 0 Å². The van der Waals surface area contributed by atoms with E-state index >= 15 is 0 Å². The lowest BCUT2D eigenvalue weighted by molar-refractivity contribution is 1.16. The zero-order valence-electron chi connectivity index (χ0n) is 19.2. The summed E-state index contributed by atoms with van der Waals surface area (Å²) in [6.07, 6.45) is 2.08. The van der Waals surface area contributed by atoms with Gasteiger partial charge in [0.25, 0.3) is 0 Å². The monoisotopic (exact) mass is 443 g/mol. The number of rotatable bonds is 0. The Morgan fingerprint density at radius 2 is 1.14 bits per heavy atom. The first-order valence-corrected chi connectivity index (χ1v) is 12.5. The number of hydrogen-bond acceptors (Lipinski definition) is 0. The molecule has 7 aromatic rings. The van der Waals surface area contributed by atoms with Crippen molar-refractivity contribution in [3.8, 4) is 22.3 Å². The molecule has 2 aliphatic carbocycles. The van der Waals surface area contributed by atoms with Crippen molar-refractivity contribution in [2.24, 2.45) is 0 Å². The van der Waals surface area contributed by atoms with Crippen LogP contribution in [0.1, 0.15) is 22.3 Å². The minimum absolute atomic E-state index is 1.03. The molecule has 2 aliphatic rings. The molecule has 0 atom stereocenters. The van der Waals surface area contributed by atoms with E-state index in [1.807, 2.05) is 0 Å². The Morgan fingerprint density at radius 3 is 2.06 bits per heavy atom. The number of benzene rings is 5. The third kappa shape index (κ3) is 2.19. The summed E-state index contributed by atoms with van der Waals surface area (Å²) in [5.41, 5.74) is 15.5. The van der Waals surface area contributed by atoms with Crippen LogP contribution in [0, 0.1) is 0 Å². The molecule has 0 saturated carbocycles. The molecule has 35 heavy (non-hydrogen) atoms. The summed E-state index contributed by atoms with van der Waals surface area (Å²) >= 11 is 0. The summed E-state index contributed by atoms with van der Waals surface area (Å²) in [6.45, 7) is 0. The molecule has 0 amide bonds. The Morgan fingerprint density at radius 1 is 0.429 bits per heavy atom. The van der Waals surface area contributed by atoms with Gasteiger partial charge in [-0.2, -0.15) is 0 Å². The van der Waals surface area contributed by atoms with Crippen LogP contribution in [-0.4, -0.2) is 4.40 Å².